The molecule has 18 heavy (non-hydrogen) atoms. The van der Waals surface area contributed by atoms with E-state index in [0.717, 1.165) is 36.6 Å². The third kappa shape index (κ3) is 3.49. The van der Waals surface area contributed by atoms with Crippen molar-refractivity contribution >= 4 is 17.5 Å². The lowest BCUT2D eigenvalue weighted by atomic mass is 10.1. The Morgan fingerprint density at radius 2 is 2.22 bits per heavy atom. The molecule has 0 spiro atoms. The van der Waals surface area contributed by atoms with E-state index in [1.54, 1.807) is 0 Å². The van der Waals surface area contributed by atoms with Crippen LogP contribution in [0.1, 0.15) is 42.1 Å². The molecule has 0 atom stereocenters. The Hall–Kier alpha value is -1.02. The van der Waals surface area contributed by atoms with Gasteiger partial charge in [0.25, 0.3) is 5.91 Å². The number of rotatable bonds is 6. The van der Waals surface area contributed by atoms with Crippen molar-refractivity contribution in [3.8, 4) is 0 Å². The third-order valence-corrected chi connectivity index (χ3v) is 3.59. The van der Waals surface area contributed by atoms with Crippen LogP contribution in [0.4, 0.5) is 0 Å². The van der Waals surface area contributed by atoms with Crippen molar-refractivity contribution < 1.29 is 4.79 Å². The molecule has 1 aliphatic carbocycles. The van der Waals surface area contributed by atoms with Crippen LogP contribution in [0.25, 0.3) is 0 Å². The van der Waals surface area contributed by atoms with Crippen LogP contribution in [0.3, 0.4) is 0 Å². The largest absolute Gasteiger partial charge is 0.338 e. The van der Waals surface area contributed by atoms with Gasteiger partial charge in [0.1, 0.15) is 0 Å². The number of alkyl halides is 1. The van der Waals surface area contributed by atoms with E-state index >= 15 is 0 Å². The lowest BCUT2D eigenvalue weighted by Gasteiger charge is -2.22. The van der Waals surface area contributed by atoms with E-state index in [4.69, 9.17) is 11.6 Å². The summed E-state index contributed by atoms with van der Waals surface area (Å²) in [6, 6.07) is 7.65. The van der Waals surface area contributed by atoms with Gasteiger partial charge in [-0.25, -0.2) is 0 Å². The molecule has 2 rings (SSSR count). The van der Waals surface area contributed by atoms with Crippen molar-refractivity contribution in [2.24, 2.45) is 5.92 Å². The second-order valence-electron chi connectivity index (χ2n) is 5.03. The highest BCUT2D eigenvalue weighted by molar-refractivity contribution is 6.17. The van der Waals surface area contributed by atoms with E-state index in [1.165, 1.54) is 12.8 Å². The van der Waals surface area contributed by atoms with Gasteiger partial charge >= 0.3 is 0 Å². The van der Waals surface area contributed by atoms with E-state index in [-0.39, 0.29) is 5.91 Å². The molecule has 0 heterocycles. The molecule has 1 saturated carbocycles. The number of amides is 1. The molecule has 0 radical (unpaired) electrons. The van der Waals surface area contributed by atoms with E-state index in [2.05, 4.69) is 6.92 Å². The Morgan fingerprint density at radius 3 is 2.83 bits per heavy atom. The summed E-state index contributed by atoms with van der Waals surface area (Å²) in [6.07, 6.45) is 3.55. The maximum absolute atomic E-state index is 12.4. The van der Waals surface area contributed by atoms with E-state index in [0.29, 0.717) is 5.88 Å². The SMILES string of the molecule is CCCN(CC1CC1)C(=O)c1cccc(CCl)c1. The molecule has 0 aliphatic heterocycles. The van der Waals surface area contributed by atoms with Gasteiger partial charge < -0.3 is 4.90 Å². The lowest BCUT2D eigenvalue weighted by Crippen LogP contribution is -2.33. The second-order valence-corrected chi connectivity index (χ2v) is 5.30. The number of hydrogen-bond acceptors (Lipinski definition) is 1. The fourth-order valence-electron chi connectivity index (χ4n) is 2.13. The normalized spacial score (nSPS) is 14.6. The fraction of sp³-hybridized carbons (Fsp3) is 0.533. The topological polar surface area (TPSA) is 20.3 Å². The monoisotopic (exact) mass is 265 g/mol. The minimum Gasteiger partial charge on any atom is -0.338 e. The van der Waals surface area contributed by atoms with Crippen molar-refractivity contribution in [3.05, 3.63) is 35.4 Å². The zero-order valence-electron chi connectivity index (χ0n) is 10.9. The summed E-state index contributed by atoms with van der Waals surface area (Å²) in [5, 5.41) is 0. The number of hydrogen-bond donors (Lipinski definition) is 0. The zero-order valence-corrected chi connectivity index (χ0v) is 11.6. The van der Waals surface area contributed by atoms with Crippen molar-refractivity contribution in [1.82, 2.24) is 4.90 Å². The van der Waals surface area contributed by atoms with Crippen LogP contribution in [0, 0.1) is 5.92 Å². The molecule has 0 N–H and O–H groups in total. The quantitative estimate of drug-likeness (QED) is 0.719. The van der Waals surface area contributed by atoms with Gasteiger partial charge in [-0.1, -0.05) is 19.1 Å². The molecule has 0 unspecified atom stereocenters. The molecule has 1 aliphatic rings. The Morgan fingerprint density at radius 1 is 1.44 bits per heavy atom. The maximum Gasteiger partial charge on any atom is 0.253 e. The number of carbonyl (C=O) groups excluding carboxylic acids is 1. The highest BCUT2D eigenvalue weighted by atomic mass is 35.5. The van der Waals surface area contributed by atoms with Crippen LogP contribution in [0.15, 0.2) is 24.3 Å². The van der Waals surface area contributed by atoms with Crippen LogP contribution in [0.2, 0.25) is 0 Å². The Bertz CT molecular complexity index is 415. The molecule has 3 heteroatoms. The first-order valence-electron chi connectivity index (χ1n) is 6.68. The number of carbonyl (C=O) groups is 1. The average Bonchev–Trinajstić information content (AvgIpc) is 3.21. The Balaban J connectivity index is 2.09. The molecule has 0 aromatic heterocycles. The molecule has 0 saturated heterocycles. The third-order valence-electron chi connectivity index (χ3n) is 3.28. The van der Waals surface area contributed by atoms with Gasteiger partial charge in [-0.2, -0.15) is 0 Å². The minimum atomic E-state index is 0.149. The summed E-state index contributed by atoms with van der Waals surface area (Å²) < 4.78 is 0. The summed E-state index contributed by atoms with van der Waals surface area (Å²) in [5.74, 6) is 1.34. The standard InChI is InChI=1S/C15H20ClNO/c1-2-8-17(11-12-6-7-12)15(18)14-5-3-4-13(9-14)10-16/h3-5,9,12H,2,6-8,10-11H2,1H3. The highest BCUT2D eigenvalue weighted by Crippen LogP contribution is 2.30. The van der Waals surface area contributed by atoms with Crippen LogP contribution in [0.5, 0.6) is 0 Å². The van der Waals surface area contributed by atoms with Crippen LogP contribution >= 0.6 is 11.6 Å². The van der Waals surface area contributed by atoms with E-state index < -0.39 is 0 Å². The summed E-state index contributed by atoms with van der Waals surface area (Å²) in [4.78, 5) is 14.4. The van der Waals surface area contributed by atoms with Crippen molar-refractivity contribution in [3.63, 3.8) is 0 Å². The molecular weight excluding hydrogens is 246 g/mol. The average molecular weight is 266 g/mol. The van der Waals surface area contributed by atoms with Crippen molar-refractivity contribution in [2.75, 3.05) is 13.1 Å². The number of nitrogens with zero attached hydrogens (tertiary/aromatic N) is 1. The molecule has 2 nitrogen and oxygen atoms in total. The predicted molar refractivity (Wildman–Crippen MR) is 74.9 cm³/mol. The van der Waals surface area contributed by atoms with Gasteiger partial charge in [-0.15, -0.1) is 11.6 Å². The van der Waals surface area contributed by atoms with E-state index in [9.17, 15) is 4.79 Å². The second kappa shape index (κ2) is 6.24. The van der Waals surface area contributed by atoms with Crippen LogP contribution < -0.4 is 0 Å². The highest BCUT2D eigenvalue weighted by Gasteiger charge is 2.26. The molecule has 1 fully saturated rings. The smallest absolute Gasteiger partial charge is 0.253 e. The minimum absolute atomic E-state index is 0.149. The maximum atomic E-state index is 12.4. The number of halogens is 1. The molecule has 1 aromatic rings. The zero-order chi connectivity index (χ0) is 13.0. The Kier molecular flexibility index (Phi) is 4.65. The van der Waals surface area contributed by atoms with E-state index in [1.807, 2.05) is 29.2 Å². The predicted octanol–water partition coefficient (Wildman–Crippen LogP) is 3.69. The first-order valence-corrected chi connectivity index (χ1v) is 7.22. The molecule has 0 bridgehead atoms. The van der Waals surface area contributed by atoms with Gasteiger partial charge in [0.15, 0.2) is 0 Å². The molecular formula is C15H20ClNO. The molecule has 1 amide bonds. The summed E-state index contributed by atoms with van der Waals surface area (Å²) in [5.41, 5.74) is 1.77. The van der Waals surface area contributed by atoms with Crippen LogP contribution in [-0.4, -0.2) is 23.9 Å². The molecule has 1 aromatic carbocycles. The lowest BCUT2D eigenvalue weighted by molar-refractivity contribution is 0.0747. The van der Waals surface area contributed by atoms with Crippen molar-refractivity contribution in [2.45, 2.75) is 32.1 Å². The number of benzene rings is 1. The summed E-state index contributed by atoms with van der Waals surface area (Å²) in [7, 11) is 0. The van der Waals surface area contributed by atoms with Gasteiger partial charge in [0, 0.05) is 24.5 Å². The Labute approximate surface area is 114 Å². The van der Waals surface area contributed by atoms with Crippen molar-refractivity contribution in [1.29, 1.82) is 0 Å². The first kappa shape index (κ1) is 13.4. The van der Waals surface area contributed by atoms with Gasteiger partial charge in [0.2, 0.25) is 0 Å². The van der Waals surface area contributed by atoms with Gasteiger partial charge in [-0.3, -0.25) is 4.79 Å². The molecule has 98 valence electrons. The van der Waals surface area contributed by atoms with Gasteiger partial charge in [-0.05, 0) is 42.9 Å². The van der Waals surface area contributed by atoms with Gasteiger partial charge in [0.05, 0.1) is 0 Å². The summed E-state index contributed by atoms with van der Waals surface area (Å²) >= 11 is 5.81. The fourth-order valence-corrected chi connectivity index (χ4v) is 2.29. The first-order chi connectivity index (χ1) is 8.74. The summed E-state index contributed by atoms with van der Waals surface area (Å²) in [6.45, 7) is 3.88. The van der Waals surface area contributed by atoms with Crippen LogP contribution in [-0.2, 0) is 5.88 Å².